The number of imide groups is 1. The quantitative estimate of drug-likeness (QED) is 0.791. The van der Waals surface area contributed by atoms with Gasteiger partial charge in [-0.3, -0.25) is 14.4 Å². The number of nitrogens with one attached hydrogen (secondary N) is 1. The van der Waals surface area contributed by atoms with Crippen molar-refractivity contribution < 1.29 is 18.8 Å². The van der Waals surface area contributed by atoms with Crippen LogP contribution in [-0.2, 0) is 14.4 Å². The molecule has 0 saturated carbocycles. The molecular weight excluding hydrogens is 379 g/mol. The number of amides is 3. The van der Waals surface area contributed by atoms with E-state index in [1.165, 1.54) is 18.2 Å². The molecule has 1 atom stereocenters. The molecule has 0 bridgehead atoms. The number of thioether (sulfide) groups is 1. The number of hydrogen-bond donors (Lipinski definition) is 1. The van der Waals surface area contributed by atoms with Crippen molar-refractivity contribution >= 4 is 52.5 Å². The van der Waals surface area contributed by atoms with Gasteiger partial charge in [-0.25, -0.2) is 9.29 Å². The first-order valence-electron chi connectivity index (χ1n) is 7.74. The highest BCUT2D eigenvalue weighted by Gasteiger charge is 2.41. The highest BCUT2D eigenvalue weighted by atomic mass is 35.5. The molecule has 5 nitrogen and oxygen atoms in total. The zero-order valence-electron chi connectivity index (χ0n) is 13.4. The molecule has 1 saturated heterocycles. The molecule has 0 radical (unpaired) electrons. The maximum absolute atomic E-state index is 13.9. The van der Waals surface area contributed by atoms with Gasteiger partial charge in [0.05, 0.1) is 16.7 Å². The van der Waals surface area contributed by atoms with Crippen LogP contribution in [0.5, 0.6) is 0 Å². The van der Waals surface area contributed by atoms with Crippen molar-refractivity contribution in [2.45, 2.75) is 11.7 Å². The van der Waals surface area contributed by atoms with Crippen molar-refractivity contribution in [1.82, 2.24) is 0 Å². The zero-order chi connectivity index (χ0) is 18.7. The largest absolute Gasteiger partial charge is 0.325 e. The van der Waals surface area contributed by atoms with Gasteiger partial charge in [-0.05, 0) is 30.3 Å². The third-order valence-corrected chi connectivity index (χ3v) is 5.16. The van der Waals surface area contributed by atoms with Gasteiger partial charge in [0.25, 0.3) is 0 Å². The Balaban J connectivity index is 1.61. The van der Waals surface area contributed by atoms with Crippen LogP contribution in [0.3, 0.4) is 0 Å². The van der Waals surface area contributed by atoms with Crippen LogP contribution in [0.2, 0.25) is 5.02 Å². The molecule has 1 aliphatic heterocycles. The summed E-state index contributed by atoms with van der Waals surface area (Å²) in [4.78, 5) is 37.5. The van der Waals surface area contributed by atoms with E-state index in [1.54, 1.807) is 30.3 Å². The molecule has 0 spiro atoms. The van der Waals surface area contributed by atoms with E-state index in [0.717, 1.165) is 16.7 Å². The topological polar surface area (TPSA) is 66.5 Å². The normalized spacial score (nSPS) is 16.8. The Labute approximate surface area is 158 Å². The van der Waals surface area contributed by atoms with Crippen molar-refractivity contribution in [2.24, 2.45) is 0 Å². The van der Waals surface area contributed by atoms with Gasteiger partial charge < -0.3 is 5.32 Å². The first kappa shape index (κ1) is 18.4. The molecule has 134 valence electrons. The summed E-state index contributed by atoms with van der Waals surface area (Å²) in [6.45, 7) is 0. The predicted octanol–water partition coefficient (Wildman–Crippen LogP) is 3.48. The maximum atomic E-state index is 13.9. The van der Waals surface area contributed by atoms with E-state index in [-0.39, 0.29) is 23.8 Å². The second kappa shape index (κ2) is 7.88. The molecule has 0 aromatic heterocycles. The lowest BCUT2D eigenvalue weighted by molar-refractivity contribution is -0.121. The fourth-order valence-corrected chi connectivity index (χ4v) is 3.68. The van der Waals surface area contributed by atoms with E-state index >= 15 is 0 Å². The third-order valence-electron chi connectivity index (χ3n) is 3.72. The molecule has 0 aliphatic carbocycles. The smallest absolute Gasteiger partial charge is 0.247 e. The van der Waals surface area contributed by atoms with Crippen LogP contribution in [0.1, 0.15) is 6.42 Å². The van der Waals surface area contributed by atoms with Crippen molar-refractivity contribution in [3.63, 3.8) is 0 Å². The second-order valence-electron chi connectivity index (χ2n) is 5.58. The minimum Gasteiger partial charge on any atom is -0.325 e. The van der Waals surface area contributed by atoms with E-state index in [1.807, 2.05) is 0 Å². The van der Waals surface area contributed by atoms with Gasteiger partial charge >= 0.3 is 0 Å². The summed E-state index contributed by atoms with van der Waals surface area (Å²) in [5, 5.41) is 2.45. The van der Waals surface area contributed by atoms with Gasteiger partial charge in [-0.15, -0.1) is 11.8 Å². The van der Waals surface area contributed by atoms with Crippen LogP contribution < -0.4 is 10.2 Å². The van der Waals surface area contributed by atoms with Crippen LogP contribution in [0.4, 0.5) is 15.8 Å². The van der Waals surface area contributed by atoms with Crippen LogP contribution in [0.15, 0.2) is 48.5 Å². The molecule has 2 aromatic carbocycles. The lowest BCUT2D eigenvalue weighted by Gasteiger charge is -2.15. The summed E-state index contributed by atoms with van der Waals surface area (Å²) in [6, 6.07) is 12.3. The molecule has 2 aromatic rings. The Morgan fingerprint density at radius 2 is 2.00 bits per heavy atom. The van der Waals surface area contributed by atoms with E-state index < -0.39 is 22.9 Å². The fourth-order valence-electron chi connectivity index (χ4n) is 2.56. The summed E-state index contributed by atoms with van der Waals surface area (Å²) < 4.78 is 13.9. The summed E-state index contributed by atoms with van der Waals surface area (Å²) >= 11 is 6.91. The standard InChI is InChI=1S/C18H14ClFN2O3S/c19-11-4-3-5-12(8-11)21-16(23)10-26-15-9-17(24)22(18(15)25)14-7-2-1-6-13(14)20/h1-8,15H,9-10H2,(H,21,23)/t15-/m1/s1. The number of benzene rings is 2. The average molecular weight is 393 g/mol. The molecule has 1 aliphatic rings. The van der Waals surface area contributed by atoms with Crippen molar-refractivity contribution in [3.8, 4) is 0 Å². The number of halogens is 2. The Morgan fingerprint density at radius 3 is 2.73 bits per heavy atom. The number of carbonyl (C=O) groups is 3. The summed E-state index contributed by atoms with van der Waals surface area (Å²) in [5.41, 5.74) is 0.485. The highest BCUT2D eigenvalue weighted by Crippen LogP contribution is 2.31. The maximum Gasteiger partial charge on any atom is 0.247 e. The molecule has 1 heterocycles. The second-order valence-corrected chi connectivity index (χ2v) is 7.21. The lowest BCUT2D eigenvalue weighted by Crippen LogP contribution is -2.32. The summed E-state index contributed by atoms with van der Waals surface area (Å²) in [6.07, 6.45) is -0.0672. The van der Waals surface area contributed by atoms with Gasteiger partial charge in [0.1, 0.15) is 5.82 Å². The monoisotopic (exact) mass is 392 g/mol. The van der Waals surface area contributed by atoms with Gasteiger partial charge in [-0.2, -0.15) is 0 Å². The van der Waals surface area contributed by atoms with E-state index in [4.69, 9.17) is 11.6 Å². The number of hydrogen-bond acceptors (Lipinski definition) is 4. The van der Waals surface area contributed by atoms with Crippen molar-refractivity contribution in [2.75, 3.05) is 16.0 Å². The molecule has 1 N–H and O–H groups in total. The number of rotatable bonds is 5. The fraction of sp³-hybridized carbons (Fsp3) is 0.167. The third kappa shape index (κ3) is 4.05. The molecule has 3 amide bonds. The first-order chi connectivity index (χ1) is 12.5. The first-order valence-corrected chi connectivity index (χ1v) is 9.17. The minimum absolute atomic E-state index is 0.0126. The van der Waals surface area contributed by atoms with Gasteiger partial charge in [0, 0.05) is 17.1 Å². The Morgan fingerprint density at radius 1 is 1.23 bits per heavy atom. The molecule has 0 unspecified atom stereocenters. The van der Waals surface area contributed by atoms with Gasteiger partial charge in [0.15, 0.2) is 0 Å². The molecule has 1 fully saturated rings. The SMILES string of the molecule is O=C(CS[C@@H]1CC(=O)N(c2ccccc2F)C1=O)Nc1cccc(Cl)c1. The van der Waals surface area contributed by atoms with Crippen molar-refractivity contribution in [1.29, 1.82) is 0 Å². The average Bonchev–Trinajstić information content (AvgIpc) is 2.87. The highest BCUT2D eigenvalue weighted by molar-refractivity contribution is 8.01. The number of anilines is 2. The van der Waals surface area contributed by atoms with Crippen LogP contribution in [-0.4, -0.2) is 28.7 Å². The van der Waals surface area contributed by atoms with Crippen LogP contribution in [0, 0.1) is 5.82 Å². The van der Waals surface area contributed by atoms with Gasteiger partial charge in [-0.1, -0.05) is 29.8 Å². The Bertz CT molecular complexity index is 877. The summed E-state index contributed by atoms with van der Waals surface area (Å²) in [5.74, 6) is -1.96. The molecular formula is C18H14ClFN2O3S. The lowest BCUT2D eigenvalue weighted by atomic mass is 10.3. The number of nitrogens with zero attached hydrogens (tertiary/aromatic N) is 1. The zero-order valence-corrected chi connectivity index (χ0v) is 15.0. The number of carbonyl (C=O) groups excluding carboxylic acids is 3. The molecule has 8 heteroatoms. The molecule has 3 rings (SSSR count). The van der Waals surface area contributed by atoms with E-state index in [9.17, 15) is 18.8 Å². The predicted molar refractivity (Wildman–Crippen MR) is 99.8 cm³/mol. The Kier molecular flexibility index (Phi) is 5.58. The molecule has 26 heavy (non-hydrogen) atoms. The van der Waals surface area contributed by atoms with Crippen molar-refractivity contribution in [3.05, 3.63) is 59.4 Å². The van der Waals surface area contributed by atoms with Gasteiger partial charge in [0.2, 0.25) is 17.7 Å². The van der Waals surface area contributed by atoms with E-state index in [0.29, 0.717) is 10.7 Å². The summed E-state index contributed by atoms with van der Waals surface area (Å²) in [7, 11) is 0. The van der Waals surface area contributed by atoms with E-state index in [2.05, 4.69) is 5.32 Å². The minimum atomic E-state index is -0.716. The van der Waals surface area contributed by atoms with Crippen LogP contribution in [0.25, 0.3) is 0 Å². The number of para-hydroxylation sites is 1. The van der Waals surface area contributed by atoms with Crippen LogP contribution >= 0.6 is 23.4 Å². The Hall–Kier alpha value is -2.38.